The molecule has 1 aliphatic rings. The van der Waals surface area contributed by atoms with Crippen molar-refractivity contribution in [1.82, 2.24) is 10.2 Å². The van der Waals surface area contributed by atoms with Crippen LogP contribution in [0.25, 0.3) is 0 Å². The fourth-order valence-corrected chi connectivity index (χ4v) is 3.47. The molecule has 0 saturated carbocycles. The quantitative estimate of drug-likeness (QED) is 0.850. The summed E-state index contributed by atoms with van der Waals surface area (Å²) in [5, 5.41) is 5.22. The van der Waals surface area contributed by atoms with Crippen molar-refractivity contribution >= 4 is 27.5 Å². The number of hydrogen-bond acceptors (Lipinski definition) is 4. The number of rotatable bonds is 3. The molecule has 0 aromatic heterocycles. The molecule has 0 bridgehead atoms. The molecule has 0 spiro atoms. The minimum atomic E-state index is -3.04. The molecule has 1 heterocycles. The lowest BCUT2D eigenvalue weighted by atomic mass is 10.2. The van der Waals surface area contributed by atoms with Gasteiger partial charge in [0.1, 0.15) is 6.04 Å². The average molecular weight is 339 g/mol. The fraction of sp³-hybridized carbons (Fsp3) is 0.467. The van der Waals surface area contributed by atoms with E-state index in [9.17, 15) is 18.0 Å². The van der Waals surface area contributed by atoms with Gasteiger partial charge in [-0.2, -0.15) is 0 Å². The summed E-state index contributed by atoms with van der Waals surface area (Å²) in [6, 6.07) is 6.10. The van der Waals surface area contributed by atoms with E-state index in [2.05, 4.69) is 10.6 Å². The molecule has 2 rings (SSSR count). The highest BCUT2D eigenvalue weighted by Gasteiger charge is 2.28. The molecule has 8 heteroatoms. The molecule has 23 heavy (non-hydrogen) atoms. The smallest absolute Gasteiger partial charge is 0.319 e. The van der Waals surface area contributed by atoms with Gasteiger partial charge in [0.2, 0.25) is 5.91 Å². The number of carbonyl (C=O) groups excluding carboxylic acids is 2. The lowest BCUT2D eigenvalue weighted by Gasteiger charge is -2.29. The first kappa shape index (κ1) is 17.3. The van der Waals surface area contributed by atoms with Gasteiger partial charge in [0.05, 0.1) is 11.5 Å². The van der Waals surface area contributed by atoms with E-state index in [0.717, 1.165) is 5.56 Å². The number of anilines is 1. The second-order valence-corrected chi connectivity index (χ2v) is 7.97. The lowest BCUT2D eigenvalue weighted by Crippen LogP contribution is -2.52. The molecule has 3 amide bonds. The topological polar surface area (TPSA) is 95.6 Å². The number of sulfone groups is 1. The second-order valence-electron chi connectivity index (χ2n) is 5.66. The van der Waals surface area contributed by atoms with Crippen molar-refractivity contribution in [3.8, 4) is 0 Å². The summed E-state index contributed by atoms with van der Waals surface area (Å²) in [6.45, 7) is 3.88. The number of carbonyl (C=O) groups is 2. The number of urea groups is 1. The molecule has 1 fully saturated rings. The van der Waals surface area contributed by atoms with Crippen molar-refractivity contribution in [1.29, 1.82) is 0 Å². The highest BCUT2D eigenvalue weighted by molar-refractivity contribution is 7.91. The molecular weight excluding hydrogens is 318 g/mol. The SMILES string of the molecule is Cc1ccc(NC(=O)N[C@H](C)C(=O)N2CCS(=O)(=O)CC2)cc1. The van der Waals surface area contributed by atoms with Crippen LogP contribution in [-0.2, 0) is 14.6 Å². The number of nitrogens with one attached hydrogen (secondary N) is 2. The Morgan fingerprint density at radius 3 is 2.26 bits per heavy atom. The van der Waals surface area contributed by atoms with Crippen LogP contribution in [-0.4, -0.2) is 55.9 Å². The Morgan fingerprint density at radius 2 is 1.70 bits per heavy atom. The van der Waals surface area contributed by atoms with Crippen LogP contribution in [0.15, 0.2) is 24.3 Å². The maximum absolute atomic E-state index is 12.2. The zero-order chi connectivity index (χ0) is 17.0. The van der Waals surface area contributed by atoms with E-state index in [1.54, 1.807) is 19.1 Å². The molecule has 7 nitrogen and oxygen atoms in total. The van der Waals surface area contributed by atoms with Crippen LogP contribution in [0.3, 0.4) is 0 Å². The molecule has 0 aliphatic carbocycles. The molecule has 1 aliphatic heterocycles. The third kappa shape index (κ3) is 4.95. The van der Waals surface area contributed by atoms with Crippen LogP contribution < -0.4 is 10.6 Å². The van der Waals surface area contributed by atoms with Gasteiger partial charge < -0.3 is 15.5 Å². The van der Waals surface area contributed by atoms with Gasteiger partial charge in [0, 0.05) is 18.8 Å². The normalized spacial score (nSPS) is 18.1. The van der Waals surface area contributed by atoms with E-state index in [4.69, 9.17) is 0 Å². The highest BCUT2D eigenvalue weighted by Crippen LogP contribution is 2.09. The molecule has 1 atom stereocenters. The number of amides is 3. The summed E-state index contributed by atoms with van der Waals surface area (Å²) in [4.78, 5) is 25.6. The van der Waals surface area contributed by atoms with E-state index in [1.165, 1.54) is 4.90 Å². The molecule has 126 valence electrons. The summed E-state index contributed by atoms with van der Waals surface area (Å²) < 4.78 is 22.8. The van der Waals surface area contributed by atoms with E-state index >= 15 is 0 Å². The monoisotopic (exact) mass is 339 g/mol. The summed E-state index contributed by atoms with van der Waals surface area (Å²) >= 11 is 0. The van der Waals surface area contributed by atoms with E-state index in [1.807, 2.05) is 19.1 Å². The fourth-order valence-electron chi connectivity index (χ4n) is 2.27. The van der Waals surface area contributed by atoms with Crippen LogP contribution in [0.4, 0.5) is 10.5 Å². The number of benzene rings is 1. The Labute approximate surface area is 136 Å². The van der Waals surface area contributed by atoms with E-state index in [0.29, 0.717) is 5.69 Å². The predicted molar refractivity (Wildman–Crippen MR) is 88.0 cm³/mol. The van der Waals surface area contributed by atoms with Gasteiger partial charge in [-0.3, -0.25) is 4.79 Å². The Bertz CT molecular complexity index is 671. The molecule has 1 aromatic carbocycles. The third-order valence-corrected chi connectivity index (χ3v) is 5.29. The number of aryl methyl sites for hydroxylation is 1. The van der Waals surface area contributed by atoms with Crippen molar-refractivity contribution in [2.45, 2.75) is 19.9 Å². The van der Waals surface area contributed by atoms with Crippen LogP contribution in [0.1, 0.15) is 12.5 Å². The third-order valence-electron chi connectivity index (χ3n) is 3.68. The summed E-state index contributed by atoms with van der Waals surface area (Å²) in [6.07, 6.45) is 0. The van der Waals surface area contributed by atoms with E-state index < -0.39 is 21.9 Å². The molecule has 2 N–H and O–H groups in total. The van der Waals surface area contributed by atoms with Gasteiger partial charge in [0.15, 0.2) is 9.84 Å². The maximum atomic E-state index is 12.2. The minimum absolute atomic E-state index is 0.0268. The highest BCUT2D eigenvalue weighted by atomic mass is 32.2. The zero-order valence-corrected chi connectivity index (χ0v) is 14.0. The van der Waals surface area contributed by atoms with Crippen LogP contribution in [0.5, 0.6) is 0 Å². The van der Waals surface area contributed by atoms with Gasteiger partial charge in [0.25, 0.3) is 0 Å². The maximum Gasteiger partial charge on any atom is 0.319 e. The van der Waals surface area contributed by atoms with Gasteiger partial charge in [-0.15, -0.1) is 0 Å². The number of hydrogen-bond donors (Lipinski definition) is 2. The van der Waals surface area contributed by atoms with Crippen molar-refractivity contribution in [2.24, 2.45) is 0 Å². The molecule has 1 saturated heterocycles. The van der Waals surface area contributed by atoms with Crippen LogP contribution in [0, 0.1) is 6.92 Å². The van der Waals surface area contributed by atoms with Crippen LogP contribution >= 0.6 is 0 Å². The first-order valence-corrected chi connectivity index (χ1v) is 9.22. The zero-order valence-electron chi connectivity index (χ0n) is 13.2. The molecule has 0 unspecified atom stereocenters. The first-order valence-electron chi connectivity index (χ1n) is 7.40. The average Bonchev–Trinajstić information content (AvgIpc) is 2.49. The Balaban J connectivity index is 1.85. The summed E-state index contributed by atoms with van der Waals surface area (Å²) in [7, 11) is -3.04. The van der Waals surface area contributed by atoms with Gasteiger partial charge >= 0.3 is 6.03 Å². The Hall–Kier alpha value is -2.09. The van der Waals surface area contributed by atoms with Crippen molar-refractivity contribution in [3.05, 3.63) is 29.8 Å². The van der Waals surface area contributed by atoms with Crippen molar-refractivity contribution in [3.63, 3.8) is 0 Å². The Morgan fingerprint density at radius 1 is 1.13 bits per heavy atom. The van der Waals surface area contributed by atoms with E-state index in [-0.39, 0.29) is 30.5 Å². The molecular formula is C15H21N3O4S. The van der Waals surface area contributed by atoms with Crippen LogP contribution in [0.2, 0.25) is 0 Å². The summed E-state index contributed by atoms with van der Waals surface area (Å²) in [5.41, 5.74) is 1.72. The Kier molecular flexibility index (Phi) is 5.25. The summed E-state index contributed by atoms with van der Waals surface area (Å²) in [5.74, 6) is -0.332. The largest absolute Gasteiger partial charge is 0.339 e. The minimum Gasteiger partial charge on any atom is -0.339 e. The molecule has 0 radical (unpaired) electrons. The van der Waals surface area contributed by atoms with Crippen molar-refractivity contribution < 1.29 is 18.0 Å². The van der Waals surface area contributed by atoms with Gasteiger partial charge in [-0.05, 0) is 26.0 Å². The number of nitrogens with zero attached hydrogens (tertiary/aromatic N) is 1. The second kappa shape index (κ2) is 6.99. The first-order chi connectivity index (χ1) is 10.8. The standard InChI is InChI=1S/C15H21N3O4S/c1-11-3-5-13(6-4-11)17-15(20)16-12(2)14(19)18-7-9-23(21,22)10-8-18/h3-6,12H,7-10H2,1-2H3,(H2,16,17,20)/t12-/m1/s1. The van der Waals surface area contributed by atoms with Crippen molar-refractivity contribution in [2.75, 3.05) is 29.9 Å². The van der Waals surface area contributed by atoms with Gasteiger partial charge in [-0.25, -0.2) is 13.2 Å². The van der Waals surface area contributed by atoms with Gasteiger partial charge in [-0.1, -0.05) is 17.7 Å². The lowest BCUT2D eigenvalue weighted by molar-refractivity contribution is -0.132. The predicted octanol–water partition coefficient (Wildman–Crippen LogP) is 0.762. The molecule has 1 aromatic rings.